The zero-order valence-electron chi connectivity index (χ0n) is 27.6. The first kappa shape index (κ1) is 32.9. The molecular weight excluding hydrogens is 626 g/mol. The van der Waals surface area contributed by atoms with Crippen LogP contribution >= 0.6 is 22.9 Å². The Labute approximate surface area is 285 Å². The van der Waals surface area contributed by atoms with Crippen molar-refractivity contribution in [3.8, 4) is 5.69 Å². The van der Waals surface area contributed by atoms with Crippen molar-refractivity contribution in [3.63, 3.8) is 0 Å². The second-order valence-electron chi connectivity index (χ2n) is 13.6. The van der Waals surface area contributed by atoms with Crippen LogP contribution in [0.15, 0.2) is 72.8 Å². The van der Waals surface area contributed by atoms with Crippen molar-refractivity contribution >= 4 is 56.3 Å². The Morgan fingerprint density at radius 1 is 1.00 bits per heavy atom. The number of Topliss-reactive ketones (excluding diaryl/α,β-unsaturated/α-hetero) is 1. The van der Waals surface area contributed by atoms with Gasteiger partial charge in [0, 0.05) is 44.1 Å². The molecule has 7 nitrogen and oxygen atoms in total. The number of amides is 2. The maximum Gasteiger partial charge on any atom is 0.324 e. The molecule has 6 rings (SSSR count). The highest BCUT2D eigenvalue weighted by atomic mass is 35.5. The first-order valence-electron chi connectivity index (χ1n) is 16.2. The van der Waals surface area contributed by atoms with E-state index >= 15 is 0 Å². The molecule has 0 bridgehead atoms. The van der Waals surface area contributed by atoms with E-state index in [0.717, 1.165) is 69.0 Å². The van der Waals surface area contributed by atoms with Gasteiger partial charge in [0.05, 0.1) is 11.4 Å². The molecule has 1 atom stereocenters. The number of hydrogen-bond acceptors (Lipinski definition) is 5. The number of fused-ring (bicyclic) bond motifs is 1. The van der Waals surface area contributed by atoms with E-state index in [-0.39, 0.29) is 29.1 Å². The van der Waals surface area contributed by atoms with Gasteiger partial charge in [0.2, 0.25) is 0 Å². The standard InChI is InChI=1S/C38H42ClN5O2S/c1-23-9-12-29(13-10-23)44-35(22-34(43-44)38(3,4)5)42-37(46)41-28-8-6-7-26(19-28)36(25-15-17-40-18-16-25)31(45)21-33-24(2)30-20-27(39)11-14-32(30)47-33/h6-14,19-20,22,25,36,40H,15-18,21H2,1-5H3,(H2,41,42,46). The smallest absolute Gasteiger partial charge is 0.317 e. The number of anilines is 2. The first-order chi connectivity index (χ1) is 22.5. The minimum absolute atomic E-state index is 0.200. The molecule has 3 N–H and O–H groups in total. The van der Waals surface area contributed by atoms with Gasteiger partial charge in [0.1, 0.15) is 11.6 Å². The lowest BCUT2D eigenvalue weighted by molar-refractivity contribution is -0.121. The number of benzene rings is 3. The Hall–Kier alpha value is -3.98. The molecule has 3 aromatic carbocycles. The van der Waals surface area contributed by atoms with Crippen molar-refractivity contribution in [2.75, 3.05) is 23.7 Å². The second-order valence-corrected chi connectivity index (χ2v) is 15.2. The van der Waals surface area contributed by atoms with Gasteiger partial charge in [-0.1, -0.05) is 62.2 Å². The maximum atomic E-state index is 14.2. The number of carbonyl (C=O) groups excluding carboxylic acids is 2. The Kier molecular flexibility index (Phi) is 9.55. The number of thiophene rings is 1. The number of aryl methyl sites for hydroxylation is 2. The summed E-state index contributed by atoms with van der Waals surface area (Å²) >= 11 is 7.96. The van der Waals surface area contributed by atoms with E-state index in [2.05, 4.69) is 43.6 Å². The van der Waals surface area contributed by atoms with Crippen LogP contribution in [0.4, 0.5) is 16.3 Å². The lowest BCUT2D eigenvalue weighted by atomic mass is 9.77. The molecule has 1 aliphatic heterocycles. The van der Waals surface area contributed by atoms with Gasteiger partial charge in [-0.2, -0.15) is 5.10 Å². The Morgan fingerprint density at radius 2 is 1.74 bits per heavy atom. The number of aromatic nitrogens is 2. The summed E-state index contributed by atoms with van der Waals surface area (Å²) in [6, 6.07) is 23.3. The molecule has 47 heavy (non-hydrogen) atoms. The van der Waals surface area contributed by atoms with Crippen molar-refractivity contribution in [2.24, 2.45) is 5.92 Å². The van der Waals surface area contributed by atoms with E-state index in [1.54, 1.807) is 16.0 Å². The van der Waals surface area contributed by atoms with Crippen LogP contribution in [0.3, 0.4) is 0 Å². The molecule has 1 fully saturated rings. The molecule has 2 amide bonds. The summed E-state index contributed by atoms with van der Waals surface area (Å²) in [5.74, 6) is 0.732. The van der Waals surface area contributed by atoms with Crippen LogP contribution in [-0.4, -0.2) is 34.7 Å². The van der Waals surface area contributed by atoms with Crippen molar-refractivity contribution in [1.29, 1.82) is 0 Å². The van der Waals surface area contributed by atoms with E-state index in [1.165, 1.54) is 0 Å². The number of piperidine rings is 1. The zero-order chi connectivity index (χ0) is 33.3. The van der Waals surface area contributed by atoms with E-state index < -0.39 is 0 Å². The molecule has 0 saturated carbocycles. The van der Waals surface area contributed by atoms with Crippen LogP contribution in [0.25, 0.3) is 15.8 Å². The quantitative estimate of drug-likeness (QED) is 0.154. The van der Waals surface area contributed by atoms with Crippen LogP contribution in [-0.2, 0) is 16.6 Å². The Morgan fingerprint density at radius 3 is 2.47 bits per heavy atom. The summed E-state index contributed by atoms with van der Waals surface area (Å²) in [6.07, 6.45) is 2.22. The highest BCUT2D eigenvalue weighted by Crippen LogP contribution is 2.38. The van der Waals surface area contributed by atoms with Gasteiger partial charge in [-0.15, -0.1) is 11.3 Å². The third-order valence-corrected chi connectivity index (χ3v) is 10.5. The van der Waals surface area contributed by atoms with Crippen LogP contribution in [0.5, 0.6) is 0 Å². The van der Waals surface area contributed by atoms with E-state index in [9.17, 15) is 9.59 Å². The predicted molar refractivity (Wildman–Crippen MR) is 195 cm³/mol. The van der Waals surface area contributed by atoms with Crippen molar-refractivity contribution in [3.05, 3.63) is 105 Å². The third kappa shape index (κ3) is 7.45. The number of urea groups is 1. The summed E-state index contributed by atoms with van der Waals surface area (Å²) in [5, 5.41) is 16.1. The van der Waals surface area contributed by atoms with Crippen LogP contribution in [0.2, 0.25) is 5.02 Å². The number of carbonyl (C=O) groups is 2. The summed E-state index contributed by atoms with van der Waals surface area (Å²) in [4.78, 5) is 28.7. The van der Waals surface area contributed by atoms with Gasteiger partial charge in [0.15, 0.2) is 0 Å². The zero-order valence-corrected chi connectivity index (χ0v) is 29.2. The molecule has 0 spiro atoms. The fourth-order valence-electron chi connectivity index (χ4n) is 6.39. The molecule has 1 saturated heterocycles. The summed E-state index contributed by atoms with van der Waals surface area (Å²) in [6.45, 7) is 12.2. The summed E-state index contributed by atoms with van der Waals surface area (Å²) in [7, 11) is 0. The second kappa shape index (κ2) is 13.6. The fraction of sp³-hybridized carbons (Fsp3) is 0.342. The van der Waals surface area contributed by atoms with E-state index in [0.29, 0.717) is 22.9 Å². The first-order valence-corrected chi connectivity index (χ1v) is 17.4. The maximum absolute atomic E-state index is 14.2. The third-order valence-electron chi connectivity index (χ3n) is 9.04. The number of halogens is 1. The molecular formula is C38H42ClN5O2S. The van der Waals surface area contributed by atoms with Crippen molar-refractivity contribution < 1.29 is 9.59 Å². The van der Waals surface area contributed by atoms with Gasteiger partial charge >= 0.3 is 6.03 Å². The minimum Gasteiger partial charge on any atom is -0.317 e. The van der Waals surface area contributed by atoms with Gasteiger partial charge in [-0.25, -0.2) is 9.48 Å². The van der Waals surface area contributed by atoms with Crippen molar-refractivity contribution in [2.45, 2.75) is 65.2 Å². The number of ketones is 1. The number of hydrogen-bond donors (Lipinski definition) is 3. The summed E-state index contributed by atoms with van der Waals surface area (Å²) < 4.78 is 2.91. The van der Waals surface area contributed by atoms with E-state index in [4.69, 9.17) is 16.7 Å². The van der Waals surface area contributed by atoms with Gasteiger partial charge < -0.3 is 10.6 Å². The molecule has 9 heteroatoms. The molecule has 244 valence electrons. The highest BCUT2D eigenvalue weighted by Gasteiger charge is 2.32. The molecule has 0 radical (unpaired) electrons. The molecule has 1 aliphatic rings. The van der Waals surface area contributed by atoms with Gasteiger partial charge in [0.25, 0.3) is 0 Å². The molecule has 5 aromatic rings. The normalized spacial score (nSPS) is 14.7. The lowest BCUT2D eigenvalue weighted by Gasteiger charge is -2.30. The highest BCUT2D eigenvalue weighted by molar-refractivity contribution is 7.19. The Bertz CT molecular complexity index is 1910. The van der Waals surface area contributed by atoms with Gasteiger partial charge in [-0.05, 0) is 105 Å². The van der Waals surface area contributed by atoms with Crippen LogP contribution in [0, 0.1) is 19.8 Å². The Balaban J connectivity index is 1.24. The monoisotopic (exact) mass is 667 g/mol. The number of rotatable bonds is 8. The average Bonchev–Trinajstić information content (AvgIpc) is 3.59. The SMILES string of the molecule is Cc1ccc(-n2nc(C(C)(C)C)cc2NC(=O)Nc2cccc(C(C(=O)Cc3sc4ccc(Cl)cc4c3C)C3CCNCC3)c2)cc1. The number of nitrogens with zero attached hydrogens (tertiary/aromatic N) is 2. The topological polar surface area (TPSA) is 88.1 Å². The predicted octanol–water partition coefficient (Wildman–Crippen LogP) is 9.19. The van der Waals surface area contributed by atoms with E-state index in [1.807, 2.05) is 79.7 Å². The molecule has 1 unspecified atom stereocenters. The number of nitrogens with one attached hydrogen (secondary N) is 3. The van der Waals surface area contributed by atoms with Gasteiger partial charge in [-0.3, -0.25) is 10.1 Å². The van der Waals surface area contributed by atoms with Crippen molar-refractivity contribution in [1.82, 2.24) is 15.1 Å². The lowest BCUT2D eigenvalue weighted by Crippen LogP contribution is -2.34. The summed E-state index contributed by atoms with van der Waals surface area (Å²) in [5.41, 5.74) is 5.37. The fourth-order valence-corrected chi connectivity index (χ4v) is 7.76. The molecule has 2 aromatic heterocycles. The average molecular weight is 668 g/mol. The van der Waals surface area contributed by atoms with Crippen LogP contribution < -0.4 is 16.0 Å². The minimum atomic E-state index is -0.375. The van der Waals surface area contributed by atoms with Crippen LogP contribution in [0.1, 0.15) is 66.8 Å². The molecule has 0 aliphatic carbocycles. The molecule has 3 heterocycles. The largest absolute Gasteiger partial charge is 0.324 e.